The van der Waals surface area contributed by atoms with Gasteiger partial charge in [0.05, 0.1) is 6.42 Å². The summed E-state index contributed by atoms with van der Waals surface area (Å²) in [6, 6.07) is 5.90. The Morgan fingerprint density at radius 3 is 2.62 bits per heavy atom. The molecule has 0 radical (unpaired) electrons. The molecule has 0 aromatic heterocycles. The molecule has 0 spiro atoms. The highest BCUT2D eigenvalue weighted by Gasteiger charge is 2.29. The van der Waals surface area contributed by atoms with Gasteiger partial charge in [0, 0.05) is 17.6 Å². The zero-order valence-electron chi connectivity index (χ0n) is 11.3. The van der Waals surface area contributed by atoms with Crippen LogP contribution >= 0.6 is 12.4 Å². The van der Waals surface area contributed by atoms with E-state index in [4.69, 9.17) is 5.73 Å². The van der Waals surface area contributed by atoms with Crippen molar-refractivity contribution in [2.75, 3.05) is 5.32 Å². The number of amides is 1. The molecule has 1 aromatic carbocycles. The highest BCUT2D eigenvalue weighted by atomic mass is 35.5. The molecule has 1 aromatic rings. The summed E-state index contributed by atoms with van der Waals surface area (Å²) in [5, 5.41) is 2.67. The van der Waals surface area contributed by atoms with Crippen molar-refractivity contribution in [3.63, 3.8) is 0 Å². The third kappa shape index (κ3) is 5.55. The van der Waals surface area contributed by atoms with Crippen LogP contribution in [0, 0.1) is 5.92 Å². The predicted octanol–water partition coefficient (Wildman–Crippen LogP) is 3.28. The highest BCUT2D eigenvalue weighted by Crippen LogP contribution is 2.26. The topological polar surface area (TPSA) is 55.1 Å². The average molecular weight is 323 g/mol. The summed E-state index contributed by atoms with van der Waals surface area (Å²) in [5.41, 5.74) is 6.28. The van der Waals surface area contributed by atoms with Crippen LogP contribution in [-0.2, 0) is 11.2 Å². The molecule has 1 saturated carbocycles. The first-order chi connectivity index (χ1) is 9.33. The highest BCUT2D eigenvalue weighted by molar-refractivity contribution is 5.92. The van der Waals surface area contributed by atoms with Crippen LogP contribution < -0.4 is 11.1 Å². The Hall–Kier alpha value is -1.27. The van der Waals surface area contributed by atoms with Crippen LogP contribution in [0.2, 0.25) is 0 Å². The molecular weight excluding hydrogens is 305 g/mol. The number of halogens is 4. The molecule has 1 aliphatic carbocycles. The van der Waals surface area contributed by atoms with E-state index in [1.54, 1.807) is 6.07 Å². The van der Waals surface area contributed by atoms with Gasteiger partial charge in [0.15, 0.2) is 0 Å². The van der Waals surface area contributed by atoms with Gasteiger partial charge >= 0.3 is 6.18 Å². The number of nitrogens with two attached hydrogens (primary N) is 1. The van der Waals surface area contributed by atoms with E-state index in [1.807, 2.05) is 0 Å². The molecule has 0 heterocycles. The number of carbonyl (C=O) groups is 1. The molecule has 21 heavy (non-hydrogen) atoms. The molecule has 2 unspecified atom stereocenters. The lowest BCUT2D eigenvalue weighted by Gasteiger charge is -2.12. The summed E-state index contributed by atoms with van der Waals surface area (Å²) >= 11 is 0. The van der Waals surface area contributed by atoms with Gasteiger partial charge in [-0.3, -0.25) is 4.79 Å². The molecule has 0 aliphatic heterocycles. The Morgan fingerprint density at radius 1 is 1.33 bits per heavy atom. The van der Waals surface area contributed by atoms with E-state index >= 15 is 0 Å². The van der Waals surface area contributed by atoms with Crippen LogP contribution in [-0.4, -0.2) is 18.1 Å². The van der Waals surface area contributed by atoms with Crippen LogP contribution in [0.15, 0.2) is 24.3 Å². The summed E-state index contributed by atoms with van der Waals surface area (Å²) in [7, 11) is 0. The minimum absolute atomic E-state index is 0. The maximum atomic E-state index is 12.3. The maximum Gasteiger partial charge on any atom is 0.393 e. The molecule has 1 aliphatic rings. The summed E-state index contributed by atoms with van der Waals surface area (Å²) < 4.78 is 37.0. The summed E-state index contributed by atoms with van der Waals surface area (Å²) in [6.45, 7) is 0. The van der Waals surface area contributed by atoms with E-state index in [2.05, 4.69) is 5.32 Å². The minimum atomic E-state index is -4.25. The van der Waals surface area contributed by atoms with Crippen molar-refractivity contribution in [1.29, 1.82) is 0 Å². The van der Waals surface area contributed by atoms with Gasteiger partial charge < -0.3 is 11.1 Å². The first-order valence-electron chi connectivity index (χ1n) is 6.55. The number of benzene rings is 1. The van der Waals surface area contributed by atoms with Crippen LogP contribution in [0.25, 0.3) is 0 Å². The molecule has 0 saturated heterocycles. The predicted molar refractivity (Wildman–Crippen MR) is 77.4 cm³/mol. The number of nitrogens with one attached hydrogen (secondary N) is 1. The molecule has 118 valence electrons. The molecule has 3 N–H and O–H groups in total. The number of alkyl halides is 3. The summed E-state index contributed by atoms with van der Waals surface area (Å²) in [5.74, 6) is -0.307. The fraction of sp³-hybridized carbons (Fsp3) is 0.500. The number of carbonyl (C=O) groups excluding carboxylic acids is 1. The maximum absolute atomic E-state index is 12.3. The monoisotopic (exact) mass is 322 g/mol. The second-order valence-corrected chi connectivity index (χ2v) is 5.25. The van der Waals surface area contributed by atoms with Crippen molar-refractivity contribution in [2.24, 2.45) is 11.7 Å². The van der Waals surface area contributed by atoms with Crippen molar-refractivity contribution in [1.82, 2.24) is 0 Å². The van der Waals surface area contributed by atoms with Crippen LogP contribution in [0.1, 0.15) is 24.8 Å². The van der Waals surface area contributed by atoms with Crippen LogP contribution in [0.5, 0.6) is 0 Å². The lowest BCUT2D eigenvalue weighted by Crippen LogP contribution is -2.23. The number of rotatable bonds is 3. The van der Waals surface area contributed by atoms with Gasteiger partial charge in [0.1, 0.15) is 0 Å². The van der Waals surface area contributed by atoms with Crippen molar-refractivity contribution >= 4 is 24.0 Å². The molecule has 1 amide bonds. The van der Waals surface area contributed by atoms with Crippen molar-refractivity contribution in [3.8, 4) is 0 Å². The molecule has 3 nitrogen and oxygen atoms in total. The number of hydrogen-bond acceptors (Lipinski definition) is 2. The van der Waals surface area contributed by atoms with Crippen LogP contribution in [0.4, 0.5) is 18.9 Å². The lowest BCUT2D eigenvalue weighted by molar-refractivity contribution is -0.127. The lowest BCUT2D eigenvalue weighted by atomic mass is 10.1. The second-order valence-electron chi connectivity index (χ2n) is 5.25. The fourth-order valence-electron chi connectivity index (χ4n) is 2.49. The van der Waals surface area contributed by atoms with Crippen molar-refractivity contribution in [2.45, 2.75) is 37.9 Å². The Kier molecular flexibility index (Phi) is 6.04. The van der Waals surface area contributed by atoms with Gasteiger partial charge in [0.2, 0.25) is 5.91 Å². The van der Waals surface area contributed by atoms with Gasteiger partial charge in [-0.1, -0.05) is 12.1 Å². The Bertz CT molecular complexity index is 493. The Balaban J connectivity index is 0.00000220. The standard InChI is InChI=1S/C14H17F3N2O.ClH/c15-14(16,17)8-9-2-1-3-12(6-9)19-13(20)10-4-5-11(18)7-10;/h1-3,6,10-11H,4-5,7-8,18H2,(H,19,20);1H. The minimum Gasteiger partial charge on any atom is -0.328 e. The van der Waals surface area contributed by atoms with Gasteiger partial charge in [-0.05, 0) is 37.0 Å². The number of anilines is 1. The van der Waals surface area contributed by atoms with E-state index in [-0.39, 0.29) is 35.8 Å². The average Bonchev–Trinajstić information content (AvgIpc) is 2.74. The first kappa shape index (κ1) is 17.8. The largest absolute Gasteiger partial charge is 0.393 e. The van der Waals surface area contributed by atoms with E-state index < -0.39 is 12.6 Å². The first-order valence-corrected chi connectivity index (χ1v) is 6.55. The second kappa shape index (κ2) is 7.13. The fourth-order valence-corrected chi connectivity index (χ4v) is 2.49. The van der Waals surface area contributed by atoms with Crippen LogP contribution in [0.3, 0.4) is 0 Å². The summed E-state index contributed by atoms with van der Waals surface area (Å²) in [4.78, 5) is 12.0. The third-order valence-corrected chi connectivity index (χ3v) is 3.44. The quantitative estimate of drug-likeness (QED) is 0.897. The molecule has 2 rings (SSSR count). The zero-order valence-corrected chi connectivity index (χ0v) is 12.1. The van der Waals surface area contributed by atoms with Gasteiger partial charge in [-0.25, -0.2) is 0 Å². The molecule has 0 bridgehead atoms. The molecule has 2 atom stereocenters. The van der Waals surface area contributed by atoms with E-state index in [0.717, 1.165) is 12.8 Å². The smallest absolute Gasteiger partial charge is 0.328 e. The number of hydrogen-bond donors (Lipinski definition) is 2. The van der Waals surface area contributed by atoms with Crippen molar-refractivity contribution in [3.05, 3.63) is 29.8 Å². The Labute approximate surface area is 127 Å². The third-order valence-electron chi connectivity index (χ3n) is 3.44. The van der Waals surface area contributed by atoms with Gasteiger partial charge in [0.25, 0.3) is 0 Å². The van der Waals surface area contributed by atoms with E-state index in [0.29, 0.717) is 12.1 Å². The SMILES string of the molecule is Cl.NC1CCC(C(=O)Nc2cccc(CC(F)(F)F)c2)C1. The van der Waals surface area contributed by atoms with Crippen molar-refractivity contribution < 1.29 is 18.0 Å². The summed E-state index contributed by atoms with van der Waals surface area (Å²) in [6.07, 6.45) is -3.07. The van der Waals surface area contributed by atoms with E-state index in [1.165, 1.54) is 18.2 Å². The molecule has 1 fully saturated rings. The van der Waals surface area contributed by atoms with E-state index in [9.17, 15) is 18.0 Å². The molecular formula is C14H18ClF3N2O. The van der Waals surface area contributed by atoms with Gasteiger partial charge in [-0.15, -0.1) is 12.4 Å². The molecule has 7 heteroatoms. The van der Waals surface area contributed by atoms with Gasteiger partial charge in [-0.2, -0.15) is 13.2 Å². The zero-order chi connectivity index (χ0) is 14.8. The normalized spacial score (nSPS) is 21.7. The Morgan fingerprint density at radius 2 is 2.05 bits per heavy atom.